The molecule has 0 bridgehead atoms. The maximum atomic E-state index is 13.3. The largest absolute Gasteiger partial charge is 0.396 e. The van der Waals surface area contributed by atoms with Gasteiger partial charge >= 0.3 is 0 Å². The van der Waals surface area contributed by atoms with Gasteiger partial charge in [-0.3, -0.25) is 4.79 Å². The Morgan fingerprint density at radius 1 is 0.913 bits per heavy atom. The number of hydrogen-bond acceptors (Lipinski definition) is 2. The maximum Gasteiger partial charge on any atom is 0.173 e. The van der Waals surface area contributed by atoms with E-state index in [0.717, 1.165) is 42.4 Å². The van der Waals surface area contributed by atoms with E-state index in [2.05, 4.69) is 24.3 Å². The van der Waals surface area contributed by atoms with Crippen molar-refractivity contribution in [3.63, 3.8) is 0 Å². The molecule has 0 radical (unpaired) electrons. The number of rotatable bonds is 5. The van der Waals surface area contributed by atoms with Gasteiger partial charge in [-0.25, -0.2) is 0 Å². The molecular weight excluding hydrogens is 284 g/mol. The summed E-state index contributed by atoms with van der Waals surface area (Å²) < 4.78 is 0. The molecule has 0 heterocycles. The van der Waals surface area contributed by atoms with E-state index in [1.54, 1.807) is 0 Å². The SMILES string of the molecule is O=C(c1ccccc1)C1(c2ccc(CCO)cc2)CCCCC1. The molecule has 1 N–H and O–H groups in total. The van der Waals surface area contributed by atoms with E-state index in [1.165, 1.54) is 6.42 Å². The van der Waals surface area contributed by atoms with Crippen LogP contribution in [0.2, 0.25) is 0 Å². The standard InChI is InChI=1S/C21H24O2/c22-16-13-17-9-11-19(12-10-17)21(14-5-2-6-15-21)20(23)18-7-3-1-4-8-18/h1,3-4,7-12,22H,2,5-6,13-16H2. The summed E-state index contributed by atoms with van der Waals surface area (Å²) in [4.78, 5) is 13.3. The second-order valence-electron chi connectivity index (χ2n) is 6.51. The summed E-state index contributed by atoms with van der Waals surface area (Å²) in [6, 6.07) is 18.0. The number of ketones is 1. The van der Waals surface area contributed by atoms with Crippen molar-refractivity contribution in [1.29, 1.82) is 0 Å². The minimum Gasteiger partial charge on any atom is -0.396 e. The van der Waals surface area contributed by atoms with Crippen molar-refractivity contribution in [3.8, 4) is 0 Å². The van der Waals surface area contributed by atoms with Gasteiger partial charge in [-0.15, -0.1) is 0 Å². The van der Waals surface area contributed by atoms with Gasteiger partial charge in [0.25, 0.3) is 0 Å². The molecule has 1 saturated carbocycles. The smallest absolute Gasteiger partial charge is 0.173 e. The number of carbonyl (C=O) groups excluding carboxylic acids is 1. The zero-order valence-corrected chi connectivity index (χ0v) is 13.5. The summed E-state index contributed by atoms with van der Waals surface area (Å²) in [6.45, 7) is 0.160. The first-order valence-electron chi connectivity index (χ1n) is 8.56. The summed E-state index contributed by atoms with van der Waals surface area (Å²) in [5.41, 5.74) is 2.69. The first kappa shape index (κ1) is 15.9. The van der Waals surface area contributed by atoms with E-state index in [1.807, 2.05) is 30.3 Å². The van der Waals surface area contributed by atoms with Gasteiger partial charge in [0, 0.05) is 12.2 Å². The van der Waals surface area contributed by atoms with Gasteiger partial charge in [0.05, 0.1) is 5.41 Å². The van der Waals surface area contributed by atoms with E-state index in [4.69, 9.17) is 5.11 Å². The molecule has 120 valence electrons. The third-order valence-corrected chi connectivity index (χ3v) is 5.08. The number of Topliss-reactive ketones (excluding diaryl/α,β-unsaturated/α-hetero) is 1. The van der Waals surface area contributed by atoms with Crippen LogP contribution in [-0.4, -0.2) is 17.5 Å². The van der Waals surface area contributed by atoms with Crippen LogP contribution in [0.15, 0.2) is 54.6 Å². The van der Waals surface area contributed by atoms with Crippen molar-refractivity contribution in [2.45, 2.75) is 43.9 Å². The monoisotopic (exact) mass is 308 g/mol. The van der Waals surface area contributed by atoms with Crippen molar-refractivity contribution < 1.29 is 9.90 Å². The van der Waals surface area contributed by atoms with Crippen LogP contribution < -0.4 is 0 Å². The Hall–Kier alpha value is -1.93. The fraction of sp³-hybridized carbons (Fsp3) is 0.381. The lowest BCUT2D eigenvalue weighted by atomic mass is 9.65. The molecular formula is C21H24O2. The zero-order chi connectivity index (χ0) is 16.1. The zero-order valence-electron chi connectivity index (χ0n) is 13.5. The molecule has 2 nitrogen and oxygen atoms in total. The molecule has 0 atom stereocenters. The summed E-state index contributed by atoms with van der Waals surface area (Å²) in [5, 5.41) is 9.07. The fourth-order valence-electron chi connectivity index (χ4n) is 3.79. The van der Waals surface area contributed by atoms with Gasteiger partial charge in [0.2, 0.25) is 0 Å². The molecule has 0 aliphatic heterocycles. The number of aliphatic hydroxyl groups excluding tert-OH is 1. The maximum absolute atomic E-state index is 13.3. The van der Waals surface area contributed by atoms with Crippen LogP contribution in [0.5, 0.6) is 0 Å². The summed E-state index contributed by atoms with van der Waals surface area (Å²) in [6.07, 6.45) is 5.96. The van der Waals surface area contributed by atoms with Crippen molar-refractivity contribution in [2.75, 3.05) is 6.61 Å². The molecule has 2 aromatic carbocycles. The minimum atomic E-state index is -0.378. The molecule has 1 aliphatic rings. The third-order valence-electron chi connectivity index (χ3n) is 5.08. The first-order valence-corrected chi connectivity index (χ1v) is 8.56. The molecule has 2 heteroatoms. The van der Waals surface area contributed by atoms with Crippen LogP contribution in [0.4, 0.5) is 0 Å². The summed E-state index contributed by atoms with van der Waals surface area (Å²) >= 11 is 0. The number of benzene rings is 2. The molecule has 0 aromatic heterocycles. The topological polar surface area (TPSA) is 37.3 Å². The van der Waals surface area contributed by atoms with Gasteiger partial charge in [-0.2, -0.15) is 0 Å². The van der Waals surface area contributed by atoms with Gasteiger partial charge in [-0.05, 0) is 30.4 Å². The fourth-order valence-corrected chi connectivity index (χ4v) is 3.79. The predicted octanol–water partition coefficient (Wildman–Crippen LogP) is 4.31. The van der Waals surface area contributed by atoms with E-state index >= 15 is 0 Å². The van der Waals surface area contributed by atoms with Crippen molar-refractivity contribution >= 4 is 5.78 Å². The number of carbonyl (C=O) groups is 1. The Morgan fingerprint density at radius 3 is 2.17 bits per heavy atom. The Morgan fingerprint density at radius 2 is 1.57 bits per heavy atom. The highest BCUT2D eigenvalue weighted by molar-refractivity contribution is 6.04. The molecule has 1 fully saturated rings. The molecule has 2 aromatic rings. The highest BCUT2D eigenvalue weighted by Gasteiger charge is 2.41. The van der Waals surface area contributed by atoms with Crippen molar-refractivity contribution in [2.24, 2.45) is 0 Å². The van der Waals surface area contributed by atoms with E-state index in [-0.39, 0.29) is 17.8 Å². The Kier molecular flexibility index (Phi) is 4.92. The average molecular weight is 308 g/mol. The molecule has 23 heavy (non-hydrogen) atoms. The second-order valence-corrected chi connectivity index (χ2v) is 6.51. The van der Waals surface area contributed by atoms with Crippen LogP contribution in [0.1, 0.15) is 53.6 Å². The highest BCUT2D eigenvalue weighted by atomic mass is 16.2. The van der Waals surface area contributed by atoms with Crippen LogP contribution >= 0.6 is 0 Å². The highest BCUT2D eigenvalue weighted by Crippen LogP contribution is 2.42. The average Bonchev–Trinajstić information content (AvgIpc) is 2.63. The molecule has 0 amide bonds. The van der Waals surface area contributed by atoms with Crippen LogP contribution in [0, 0.1) is 0 Å². The van der Waals surface area contributed by atoms with Gasteiger partial charge in [-0.1, -0.05) is 73.9 Å². The van der Waals surface area contributed by atoms with Crippen LogP contribution in [-0.2, 0) is 11.8 Å². The summed E-state index contributed by atoms with van der Waals surface area (Å²) in [5.74, 6) is 0.257. The van der Waals surface area contributed by atoms with Crippen LogP contribution in [0.25, 0.3) is 0 Å². The lowest BCUT2D eigenvalue weighted by molar-refractivity contribution is 0.0839. The molecule has 3 rings (SSSR count). The lowest BCUT2D eigenvalue weighted by Gasteiger charge is -2.36. The quantitative estimate of drug-likeness (QED) is 0.836. The Labute approximate surface area is 138 Å². The number of hydrogen-bond donors (Lipinski definition) is 1. The van der Waals surface area contributed by atoms with Crippen LogP contribution in [0.3, 0.4) is 0 Å². The van der Waals surface area contributed by atoms with Gasteiger partial charge < -0.3 is 5.11 Å². The second kappa shape index (κ2) is 7.10. The van der Waals surface area contributed by atoms with E-state index in [9.17, 15) is 4.79 Å². The van der Waals surface area contributed by atoms with E-state index < -0.39 is 0 Å². The normalized spacial score (nSPS) is 16.9. The van der Waals surface area contributed by atoms with Gasteiger partial charge in [0.15, 0.2) is 5.78 Å². The molecule has 0 spiro atoms. The first-order chi connectivity index (χ1) is 11.3. The Bertz CT molecular complexity index is 637. The predicted molar refractivity (Wildman–Crippen MR) is 92.8 cm³/mol. The molecule has 1 aliphatic carbocycles. The van der Waals surface area contributed by atoms with Crippen molar-refractivity contribution in [1.82, 2.24) is 0 Å². The summed E-state index contributed by atoms with van der Waals surface area (Å²) in [7, 11) is 0. The minimum absolute atomic E-state index is 0.160. The lowest BCUT2D eigenvalue weighted by Crippen LogP contribution is -2.38. The number of aliphatic hydroxyl groups is 1. The van der Waals surface area contributed by atoms with Crippen molar-refractivity contribution in [3.05, 3.63) is 71.3 Å². The van der Waals surface area contributed by atoms with Gasteiger partial charge in [0.1, 0.15) is 0 Å². The molecule has 0 unspecified atom stereocenters. The van der Waals surface area contributed by atoms with E-state index in [0.29, 0.717) is 6.42 Å². The third kappa shape index (κ3) is 3.23. The molecule has 0 saturated heterocycles. The Balaban J connectivity index is 1.98.